The molecule has 0 bridgehead atoms. The van der Waals surface area contributed by atoms with E-state index in [9.17, 15) is 4.79 Å². The predicted molar refractivity (Wildman–Crippen MR) is 114 cm³/mol. The molecule has 0 saturated heterocycles. The summed E-state index contributed by atoms with van der Waals surface area (Å²) in [5, 5.41) is 3.34. The van der Waals surface area contributed by atoms with Crippen molar-refractivity contribution in [2.24, 2.45) is 4.99 Å². The van der Waals surface area contributed by atoms with Crippen LogP contribution in [0.4, 0.5) is 0 Å². The summed E-state index contributed by atoms with van der Waals surface area (Å²) in [6.45, 7) is 9.74. The number of pyridine rings is 1. The second kappa shape index (κ2) is 13.3. The number of halogens is 1. The van der Waals surface area contributed by atoms with Gasteiger partial charge >= 0.3 is 0 Å². The lowest BCUT2D eigenvalue weighted by atomic mass is 10.3. The molecule has 1 rings (SSSR count). The van der Waals surface area contributed by atoms with Crippen molar-refractivity contribution in [1.82, 2.24) is 14.8 Å². The summed E-state index contributed by atoms with van der Waals surface area (Å²) in [6, 6.07) is 5.41. The second-order valence-electron chi connectivity index (χ2n) is 5.87. The predicted octanol–water partition coefficient (Wildman–Crippen LogP) is 3.25. The van der Waals surface area contributed by atoms with E-state index in [0.717, 1.165) is 50.7 Å². The van der Waals surface area contributed by atoms with Crippen LogP contribution >= 0.6 is 24.0 Å². The van der Waals surface area contributed by atoms with Crippen LogP contribution in [0.15, 0.2) is 28.0 Å². The fraction of sp³-hybridized carbons (Fsp3) is 0.667. The van der Waals surface area contributed by atoms with Gasteiger partial charge in [0, 0.05) is 45.0 Å². The van der Waals surface area contributed by atoms with Crippen LogP contribution in [0.5, 0.6) is 0 Å². The molecular weight excluding hydrogens is 415 g/mol. The van der Waals surface area contributed by atoms with Crippen molar-refractivity contribution < 1.29 is 0 Å². The molecule has 0 radical (unpaired) electrons. The van der Waals surface area contributed by atoms with Gasteiger partial charge in [0.2, 0.25) is 0 Å². The van der Waals surface area contributed by atoms with Crippen LogP contribution in [-0.4, -0.2) is 42.1 Å². The molecule has 138 valence electrons. The molecule has 1 N–H and O–H groups in total. The van der Waals surface area contributed by atoms with Gasteiger partial charge in [-0.15, -0.1) is 24.0 Å². The maximum atomic E-state index is 11.8. The first-order chi connectivity index (χ1) is 11.1. The first-order valence-corrected chi connectivity index (χ1v) is 8.76. The van der Waals surface area contributed by atoms with E-state index in [-0.39, 0.29) is 29.5 Å². The summed E-state index contributed by atoms with van der Waals surface area (Å²) < 4.78 is 1.84. The molecule has 0 amide bonds. The van der Waals surface area contributed by atoms with E-state index in [1.807, 2.05) is 23.6 Å². The summed E-state index contributed by atoms with van der Waals surface area (Å²) in [5.41, 5.74) is 1.11. The first kappa shape index (κ1) is 22.9. The van der Waals surface area contributed by atoms with Gasteiger partial charge in [0.15, 0.2) is 5.96 Å². The molecule has 0 unspecified atom stereocenters. The molecule has 1 aromatic heterocycles. The number of unbranched alkanes of at least 4 members (excludes halogenated alkanes) is 2. The number of aryl methyl sites for hydroxylation is 1. The molecule has 0 fully saturated rings. The first-order valence-electron chi connectivity index (χ1n) is 8.76. The zero-order valence-corrected chi connectivity index (χ0v) is 17.9. The molecule has 0 aromatic carbocycles. The lowest BCUT2D eigenvalue weighted by Gasteiger charge is -2.21. The molecule has 1 heterocycles. The fourth-order valence-electron chi connectivity index (χ4n) is 2.45. The molecule has 1 aromatic rings. The molecule has 5 nitrogen and oxygen atoms in total. The molecule has 0 aliphatic rings. The van der Waals surface area contributed by atoms with Crippen LogP contribution in [-0.2, 0) is 6.54 Å². The zero-order chi connectivity index (χ0) is 17.1. The van der Waals surface area contributed by atoms with Crippen molar-refractivity contribution in [1.29, 1.82) is 0 Å². The van der Waals surface area contributed by atoms with Gasteiger partial charge in [-0.3, -0.25) is 9.79 Å². The topological polar surface area (TPSA) is 49.6 Å². The van der Waals surface area contributed by atoms with Gasteiger partial charge in [-0.1, -0.05) is 19.4 Å². The SMILES string of the molecule is CCCCN(C)C(=NCCCCn1c(C)cccc1=O)NCC.I. The summed E-state index contributed by atoms with van der Waals surface area (Å²) in [5.74, 6) is 0.981. The second-order valence-corrected chi connectivity index (χ2v) is 5.87. The highest BCUT2D eigenvalue weighted by atomic mass is 127. The molecular formula is C18H33IN4O. The van der Waals surface area contributed by atoms with E-state index in [4.69, 9.17) is 0 Å². The van der Waals surface area contributed by atoms with E-state index in [2.05, 4.69) is 36.1 Å². The summed E-state index contributed by atoms with van der Waals surface area (Å²) in [4.78, 5) is 18.7. The van der Waals surface area contributed by atoms with Crippen LogP contribution in [0.3, 0.4) is 0 Å². The minimum Gasteiger partial charge on any atom is -0.357 e. The number of hydrogen-bond acceptors (Lipinski definition) is 2. The molecule has 24 heavy (non-hydrogen) atoms. The number of aromatic nitrogens is 1. The fourth-order valence-corrected chi connectivity index (χ4v) is 2.45. The van der Waals surface area contributed by atoms with Crippen molar-refractivity contribution in [2.45, 2.75) is 53.0 Å². The van der Waals surface area contributed by atoms with Gasteiger partial charge < -0.3 is 14.8 Å². The third-order valence-corrected chi connectivity index (χ3v) is 3.86. The lowest BCUT2D eigenvalue weighted by molar-refractivity contribution is 0.464. The van der Waals surface area contributed by atoms with Gasteiger partial charge in [0.05, 0.1) is 0 Å². The summed E-state index contributed by atoms with van der Waals surface area (Å²) >= 11 is 0. The Kier molecular flexibility index (Phi) is 12.7. The highest BCUT2D eigenvalue weighted by Crippen LogP contribution is 1.99. The maximum absolute atomic E-state index is 11.8. The highest BCUT2D eigenvalue weighted by molar-refractivity contribution is 14.0. The quantitative estimate of drug-likeness (QED) is 0.273. The summed E-state index contributed by atoms with van der Waals surface area (Å²) in [6.07, 6.45) is 4.32. The average molecular weight is 448 g/mol. The average Bonchev–Trinajstić information content (AvgIpc) is 2.53. The molecule has 0 atom stereocenters. The van der Waals surface area contributed by atoms with Crippen LogP contribution in [0.1, 0.15) is 45.2 Å². The monoisotopic (exact) mass is 448 g/mol. The Morgan fingerprint density at radius 1 is 1.25 bits per heavy atom. The normalized spacial score (nSPS) is 11.1. The molecule has 0 spiro atoms. The van der Waals surface area contributed by atoms with Crippen LogP contribution in [0.25, 0.3) is 0 Å². The smallest absolute Gasteiger partial charge is 0.250 e. The van der Waals surface area contributed by atoms with Crippen LogP contribution in [0.2, 0.25) is 0 Å². The van der Waals surface area contributed by atoms with Crippen molar-refractivity contribution in [2.75, 3.05) is 26.7 Å². The van der Waals surface area contributed by atoms with E-state index in [1.165, 1.54) is 12.8 Å². The number of hydrogen-bond donors (Lipinski definition) is 1. The van der Waals surface area contributed by atoms with Gasteiger partial charge in [-0.05, 0) is 39.2 Å². The van der Waals surface area contributed by atoms with Gasteiger partial charge in [-0.2, -0.15) is 0 Å². The Hall–Kier alpha value is -1.05. The number of nitrogens with zero attached hydrogens (tertiary/aromatic N) is 3. The molecule has 0 saturated carbocycles. The van der Waals surface area contributed by atoms with Gasteiger partial charge in [0.1, 0.15) is 0 Å². The van der Waals surface area contributed by atoms with E-state index in [0.29, 0.717) is 0 Å². The van der Waals surface area contributed by atoms with E-state index < -0.39 is 0 Å². The van der Waals surface area contributed by atoms with Crippen LogP contribution in [0, 0.1) is 6.92 Å². The van der Waals surface area contributed by atoms with Crippen molar-refractivity contribution in [3.8, 4) is 0 Å². The number of aliphatic imine (C=N–C) groups is 1. The Morgan fingerprint density at radius 3 is 2.62 bits per heavy atom. The van der Waals surface area contributed by atoms with Crippen molar-refractivity contribution in [3.63, 3.8) is 0 Å². The van der Waals surface area contributed by atoms with E-state index >= 15 is 0 Å². The summed E-state index contributed by atoms with van der Waals surface area (Å²) in [7, 11) is 2.09. The van der Waals surface area contributed by atoms with Gasteiger partial charge in [-0.25, -0.2) is 0 Å². The van der Waals surface area contributed by atoms with Crippen molar-refractivity contribution >= 4 is 29.9 Å². The number of rotatable bonds is 9. The lowest BCUT2D eigenvalue weighted by Crippen LogP contribution is -2.39. The zero-order valence-electron chi connectivity index (χ0n) is 15.5. The van der Waals surface area contributed by atoms with Crippen molar-refractivity contribution in [3.05, 3.63) is 34.2 Å². The van der Waals surface area contributed by atoms with Crippen LogP contribution < -0.4 is 10.9 Å². The Morgan fingerprint density at radius 2 is 2.00 bits per heavy atom. The number of nitrogens with one attached hydrogen (secondary N) is 1. The Bertz CT molecular complexity index is 542. The number of guanidine groups is 1. The maximum Gasteiger partial charge on any atom is 0.250 e. The third-order valence-electron chi connectivity index (χ3n) is 3.86. The minimum atomic E-state index is 0. The van der Waals surface area contributed by atoms with Gasteiger partial charge in [0.25, 0.3) is 5.56 Å². The van der Waals surface area contributed by atoms with E-state index in [1.54, 1.807) is 6.07 Å². The molecule has 6 heteroatoms. The highest BCUT2D eigenvalue weighted by Gasteiger charge is 2.04. The molecule has 0 aliphatic carbocycles. The minimum absolute atomic E-state index is 0. The Balaban J connectivity index is 0.00000529. The standard InChI is InChI=1S/C18H32N4O.HI/c1-5-7-14-21(4)18(19-6-2)20-13-8-9-15-22-16(3)11-10-12-17(22)23;/h10-12H,5-9,13-15H2,1-4H3,(H,19,20);1H. The Labute approximate surface area is 163 Å². The largest absolute Gasteiger partial charge is 0.357 e. The molecule has 0 aliphatic heterocycles. The third kappa shape index (κ3) is 8.17.